The molecule has 8 nitrogen and oxygen atoms in total. The van der Waals surface area contributed by atoms with Gasteiger partial charge in [-0.05, 0) is 60.7 Å². The van der Waals surface area contributed by atoms with Gasteiger partial charge in [0, 0.05) is 30.8 Å². The van der Waals surface area contributed by atoms with Crippen molar-refractivity contribution in [3.8, 4) is 0 Å². The number of anilines is 1. The number of hydrogen-bond acceptors (Lipinski definition) is 5. The largest absolute Gasteiger partial charge is 0.376 e. The maximum absolute atomic E-state index is 12.7. The molecule has 2 aromatic rings. The van der Waals surface area contributed by atoms with Crippen LogP contribution in [0.3, 0.4) is 0 Å². The van der Waals surface area contributed by atoms with Crippen LogP contribution >= 0.6 is 0 Å². The third kappa shape index (κ3) is 4.49. The zero-order valence-electron chi connectivity index (χ0n) is 18.2. The highest BCUT2D eigenvalue weighted by Gasteiger charge is 2.39. The quantitative estimate of drug-likeness (QED) is 0.601. The summed E-state index contributed by atoms with van der Waals surface area (Å²) >= 11 is 0. The van der Waals surface area contributed by atoms with Crippen LogP contribution in [-0.4, -0.2) is 41.1 Å². The van der Waals surface area contributed by atoms with Crippen molar-refractivity contribution in [2.45, 2.75) is 45.8 Å². The lowest BCUT2D eigenvalue weighted by Crippen LogP contribution is -2.52. The molecule has 1 saturated heterocycles. The van der Waals surface area contributed by atoms with Gasteiger partial charge in [0.1, 0.15) is 6.04 Å². The molecule has 0 radical (unpaired) electrons. The summed E-state index contributed by atoms with van der Waals surface area (Å²) in [6, 6.07) is 10.8. The third-order valence-electron chi connectivity index (χ3n) is 6.04. The zero-order valence-corrected chi connectivity index (χ0v) is 18.2. The van der Waals surface area contributed by atoms with Crippen LogP contribution in [-0.2, 0) is 27.5 Å². The molecule has 2 heterocycles. The van der Waals surface area contributed by atoms with Crippen molar-refractivity contribution < 1.29 is 19.2 Å². The van der Waals surface area contributed by atoms with Gasteiger partial charge < -0.3 is 15.5 Å². The molecule has 8 heteroatoms. The normalized spacial score (nSPS) is 17.8. The van der Waals surface area contributed by atoms with E-state index in [2.05, 4.69) is 16.0 Å². The van der Waals surface area contributed by atoms with E-state index < -0.39 is 11.9 Å². The van der Waals surface area contributed by atoms with E-state index >= 15 is 0 Å². The second kappa shape index (κ2) is 8.82. The number of benzene rings is 2. The number of hydrogen-bond donors (Lipinski definition) is 3. The van der Waals surface area contributed by atoms with Gasteiger partial charge in [-0.3, -0.25) is 24.5 Å². The Bertz CT molecular complexity index is 1110. The molecular formula is C24H26N4O4. The maximum atomic E-state index is 12.7. The lowest BCUT2D eigenvalue weighted by molar-refractivity contribution is -0.137. The Morgan fingerprint density at radius 2 is 1.91 bits per heavy atom. The zero-order chi connectivity index (χ0) is 22.8. The van der Waals surface area contributed by atoms with Crippen molar-refractivity contribution >= 4 is 29.3 Å². The van der Waals surface area contributed by atoms with Gasteiger partial charge in [-0.2, -0.15) is 0 Å². The highest BCUT2D eigenvalue weighted by atomic mass is 16.2. The fourth-order valence-corrected chi connectivity index (χ4v) is 4.03. The van der Waals surface area contributed by atoms with E-state index in [-0.39, 0.29) is 30.7 Å². The molecule has 2 aliphatic rings. The first kappa shape index (κ1) is 21.5. The fraction of sp³-hybridized carbons (Fsp3) is 0.333. The minimum atomic E-state index is -0.632. The molecule has 1 unspecified atom stereocenters. The molecule has 1 fully saturated rings. The van der Waals surface area contributed by atoms with Gasteiger partial charge in [-0.15, -0.1) is 0 Å². The van der Waals surface area contributed by atoms with Gasteiger partial charge in [-0.1, -0.05) is 18.2 Å². The number of piperidine rings is 1. The van der Waals surface area contributed by atoms with Crippen LogP contribution in [0.15, 0.2) is 36.4 Å². The first-order valence-electron chi connectivity index (χ1n) is 10.7. The molecule has 4 amide bonds. The minimum Gasteiger partial charge on any atom is -0.376 e. The topological polar surface area (TPSA) is 108 Å². The summed E-state index contributed by atoms with van der Waals surface area (Å²) in [5.41, 5.74) is 5.51. The summed E-state index contributed by atoms with van der Waals surface area (Å²) in [5, 5.41) is 8.30. The molecule has 166 valence electrons. The van der Waals surface area contributed by atoms with Crippen LogP contribution in [0.4, 0.5) is 5.69 Å². The number of amides is 4. The van der Waals surface area contributed by atoms with E-state index in [4.69, 9.17) is 0 Å². The minimum absolute atomic E-state index is 0.134. The number of nitrogens with zero attached hydrogens (tertiary/aromatic N) is 1. The highest BCUT2D eigenvalue weighted by molar-refractivity contribution is 6.05. The van der Waals surface area contributed by atoms with Crippen LogP contribution in [0, 0.1) is 13.8 Å². The summed E-state index contributed by atoms with van der Waals surface area (Å²) in [5.74, 6) is -1.07. The number of nitrogens with one attached hydrogen (secondary N) is 3. The predicted octanol–water partition coefficient (Wildman–Crippen LogP) is 1.79. The van der Waals surface area contributed by atoms with E-state index in [1.54, 1.807) is 6.07 Å². The number of carbonyl (C=O) groups excluding carboxylic acids is 4. The molecule has 3 N–H and O–H groups in total. The van der Waals surface area contributed by atoms with Crippen molar-refractivity contribution in [1.29, 1.82) is 0 Å². The second-order valence-electron chi connectivity index (χ2n) is 8.32. The molecule has 0 aromatic heterocycles. The monoisotopic (exact) mass is 434 g/mol. The maximum Gasteiger partial charge on any atom is 0.255 e. The summed E-state index contributed by atoms with van der Waals surface area (Å²) in [4.78, 5) is 50.0. The number of rotatable bonds is 6. The van der Waals surface area contributed by atoms with Crippen molar-refractivity contribution in [2.24, 2.45) is 0 Å². The highest BCUT2D eigenvalue weighted by Crippen LogP contribution is 2.28. The van der Waals surface area contributed by atoms with Crippen LogP contribution < -0.4 is 16.0 Å². The Hall–Kier alpha value is -3.68. The average Bonchev–Trinajstić information content (AvgIpc) is 3.08. The molecule has 0 saturated carbocycles. The van der Waals surface area contributed by atoms with Gasteiger partial charge in [0.2, 0.25) is 17.7 Å². The number of aryl methyl sites for hydroxylation is 2. The lowest BCUT2D eigenvalue weighted by atomic mass is 10.0. The Balaban J connectivity index is 1.33. The van der Waals surface area contributed by atoms with Crippen LogP contribution in [0.2, 0.25) is 0 Å². The summed E-state index contributed by atoms with van der Waals surface area (Å²) < 4.78 is 0. The third-order valence-corrected chi connectivity index (χ3v) is 6.04. The molecule has 2 aromatic carbocycles. The molecule has 4 rings (SSSR count). The van der Waals surface area contributed by atoms with Gasteiger partial charge in [0.05, 0.1) is 6.54 Å². The molecule has 0 bridgehead atoms. The average molecular weight is 434 g/mol. The Kier molecular flexibility index (Phi) is 5.94. The summed E-state index contributed by atoms with van der Waals surface area (Å²) in [6.45, 7) is 4.89. The molecule has 32 heavy (non-hydrogen) atoms. The SMILES string of the molecule is Cc1ccc(NCC(=O)NCc2ccc3c(c2)CN(C2CCC(=O)NC2=O)C3=O)cc1C. The smallest absolute Gasteiger partial charge is 0.255 e. The predicted molar refractivity (Wildman–Crippen MR) is 119 cm³/mol. The van der Waals surface area contributed by atoms with E-state index in [0.717, 1.165) is 22.4 Å². The van der Waals surface area contributed by atoms with Crippen molar-refractivity contribution in [2.75, 3.05) is 11.9 Å². The van der Waals surface area contributed by atoms with Gasteiger partial charge >= 0.3 is 0 Å². The fourth-order valence-electron chi connectivity index (χ4n) is 4.03. The van der Waals surface area contributed by atoms with E-state index in [1.165, 1.54) is 10.5 Å². The molecule has 0 spiro atoms. The molecule has 0 aliphatic carbocycles. The summed E-state index contributed by atoms with van der Waals surface area (Å²) in [7, 11) is 0. The Morgan fingerprint density at radius 1 is 1.09 bits per heavy atom. The number of imide groups is 1. The van der Waals surface area contributed by atoms with Gasteiger partial charge in [0.25, 0.3) is 5.91 Å². The van der Waals surface area contributed by atoms with E-state index in [9.17, 15) is 19.2 Å². The first-order valence-corrected chi connectivity index (χ1v) is 10.7. The Morgan fingerprint density at radius 3 is 2.66 bits per heavy atom. The standard InChI is InChI=1S/C24H26N4O4/c1-14-3-5-18(9-15(14)2)25-12-22(30)26-11-16-4-6-19-17(10-16)13-28(24(19)32)20-7-8-21(29)27-23(20)31/h3-6,9-10,20,25H,7-8,11-13H2,1-2H3,(H,26,30)(H,27,29,31). The van der Waals surface area contributed by atoms with Crippen LogP contribution in [0.25, 0.3) is 0 Å². The van der Waals surface area contributed by atoms with Gasteiger partial charge in [-0.25, -0.2) is 0 Å². The molecule has 1 atom stereocenters. The van der Waals surface area contributed by atoms with E-state index in [1.807, 2.05) is 44.2 Å². The Labute approximate surface area is 186 Å². The van der Waals surface area contributed by atoms with Crippen molar-refractivity contribution in [3.05, 3.63) is 64.2 Å². The van der Waals surface area contributed by atoms with Crippen molar-refractivity contribution in [3.63, 3.8) is 0 Å². The summed E-state index contributed by atoms with van der Waals surface area (Å²) in [6.07, 6.45) is 0.560. The molecular weight excluding hydrogens is 408 g/mol. The number of carbonyl (C=O) groups is 4. The second-order valence-corrected chi connectivity index (χ2v) is 8.32. The van der Waals surface area contributed by atoms with Crippen molar-refractivity contribution in [1.82, 2.24) is 15.5 Å². The number of fused-ring (bicyclic) bond motifs is 1. The van der Waals surface area contributed by atoms with Gasteiger partial charge in [0.15, 0.2) is 0 Å². The first-order chi connectivity index (χ1) is 15.3. The van der Waals surface area contributed by atoms with E-state index in [0.29, 0.717) is 25.1 Å². The van der Waals surface area contributed by atoms with Crippen LogP contribution in [0.1, 0.15) is 45.5 Å². The van der Waals surface area contributed by atoms with Crippen LogP contribution in [0.5, 0.6) is 0 Å². The lowest BCUT2D eigenvalue weighted by Gasteiger charge is -2.29. The molecule has 2 aliphatic heterocycles.